The Labute approximate surface area is 112 Å². The first-order chi connectivity index (χ1) is 8.85. The van der Waals surface area contributed by atoms with Gasteiger partial charge in [-0.2, -0.15) is 7.05 Å². The smallest absolute Gasteiger partial charge is 0.0784 e. The summed E-state index contributed by atoms with van der Waals surface area (Å²) in [6, 6.07) is 16.3. The molecule has 2 aromatic carbocycles. The van der Waals surface area contributed by atoms with Crippen LogP contribution in [0.15, 0.2) is 58.3 Å². The lowest BCUT2D eigenvalue weighted by Crippen LogP contribution is -2.74. The first kappa shape index (κ1) is 13.1. The summed E-state index contributed by atoms with van der Waals surface area (Å²) < 4.78 is 0. The molecule has 18 heavy (non-hydrogen) atoms. The number of nitrogens with two attached hydrogens (primary N) is 1. The molecule has 0 unspecified atom stereocenters. The highest BCUT2D eigenvalue weighted by atomic mass is 32.2. The summed E-state index contributed by atoms with van der Waals surface area (Å²) in [5.41, 5.74) is 2.24. The third-order valence-corrected chi connectivity index (χ3v) is 3.94. The van der Waals surface area contributed by atoms with Gasteiger partial charge in [0.05, 0.1) is 13.2 Å². The number of aliphatic hydroxyl groups excluding tert-OH is 1. The van der Waals surface area contributed by atoms with Crippen LogP contribution in [0.2, 0.25) is 0 Å². The van der Waals surface area contributed by atoms with Crippen molar-refractivity contribution in [2.24, 2.45) is 0 Å². The fourth-order valence-corrected chi connectivity index (χ4v) is 2.86. The number of benzene rings is 2. The van der Waals surface area contributed by atoms with E-state index in [1.54, 1.807) is 11.8 Å². The Morgan fingerprint density at radius 3 is 2.11 bits per heavy atom. The topological polar surface area (TPSA) is 36.8 Å². The Hall–Kier alpha value is -1.29. The quantitative estimate of drug-likeness (QED) is 0.808. The number of hydrogen-bond acceptors (Lipinski definition) is 2. The van der Waals surface area contributed by atoms with Crippen LogP contribution in [-0.2, 0) is 13.2 Å². The zero-order valence-corrected chi connectivity index (χ0v) is 11.0. The highest BCUT2D eigenvalue weighted by Gasteiger charge is 2.06. The zero-order chi connectivity index (χ0) is 12.8. The van der Waals surface area contributed by atoms with Crippen molar-refractivity contribution < 1.29 is 10.4 Å². The molecule has 0 bridgehead atoms. The van der Waals surface area contributed by atoms with E-state index in [-0.39, 0.29) is 6.61 Å². The second kappa shape index (κ2) is 6.59. The fourth-order valence-electron chi connectivity index (χ4n) is 1.78. The van der Waals surface area contributed by atoms with Crippen LogP contribution in [0.3, 0.4) is 0 Å². The molecule has 94 valence electrons. The minimum Gasteiger partial charge on any atom is -0.475 e. The monoisotopic (exact) mass is 259 g/mol. The van der Waals surface area contributed by atoms with Crippen molar-refractivity contribution >= 4 is 11.8 Å². The van der Waals surface area contributed by atoms with E-state index in [4.69, 9.17) is 0 Å². The van der Waals surface area contributed by atoms with Crippen LogP contribution in [-0.4, -0.2) is 5.11 Å². The Balaban J connectivity index is 2.28. The third kappa shape index (κ3) is 3.13. The van der Waals surface area contributed by atoms with E-state index < -0.39 is 0 Å². The molecule has 0 radical (unpaired) electrons. The molecule has 0 aliphatic carbocycles. The van der Waals surface area contributed by atoms with Crippen LogP contribution >= 0.6 is 11.8 Å². The largest absolute Gasteiger partial charge is 0.475 e. The Morgan fingerprint density at radius 1 is 0.944 bits per heavy atom. The maximum absolute atomic E-state index is 9.34. The number of quaternary nitrogens is 1. The average Bonchev–Trinajstić information content (AvgIpc) is 2.42. The molecule has 3 N–H and O–H groups in total. The SMILES string of the molecule is [CH2-][NH2+]Cc1ccccc1Sc1ccccc1CO. The van der Waals surface area contributed by atoms with E-state index in [1.165, 1.54) is 10.5 Å². The van der Waals surface area contributed by atoms with Crippen molar-refractivity contribution in [3.05, 3.63) is 66.7 Å². The van der Waals surface area contributed by atoms with Gasteiger partial charge in [-0.1, -0.05) is 48.2 Å². The van der Waals surface area contributed by atoms with Gasteiger partial charge in [0.25, 0.3) is 0 Å². The van der Waals surface area contributed by atoms with E-state index in [2.05, 4.69) is 19.2 Å². The molecule has 0 saturated carbocycles. The van der Waals surface area contributed by atoms with E-state index >= 15 is 0 Å². The third-order valence-electron chi connectivity index (χ3n) is 2.70. The first-order valence-corrected chi connectivity index (χ1v) is 6.72. The Morgan fingerprint density at radius 2 is 1.50 bits per heavy atom. The van der Waals surface area contributed by atoms with Crippen LogP contribution in [0, 0.1) is 7.05 Å². The van der Waals surface area contributed by atoms with Crippen LogP contribution in [0.25, 0.3) is 0 Å². The molecule has 2 rings (SSSR count). The summed E-state index contributed by atoms with van der Waals surface area (Å²) in [4.78, 5) is 2.33. The Kier molecular flexibility index (Phi) is 4.81. The Bertz CT molecular complexity index is 513. The summed E-state index contributed by atoms with van der Waals surface area (Å²) in [5, 5.41) is 11.3. The second-order valence-corrected chi connectivity index (χ2v) is 5.05. The lowest BCUT2D eigenvalue weighted by atomic mass is 10.2. The van der Waals surface area contributed by atoms with E-state index in [0.717, 1.165) is 17.0 Å². The van der Waals surface area contributed by atoms with Crippen LogP contribution in [0.1, 0.15) is 11.1 Å². The van der Waals surface area contributed by atoms with Gasteiger partial charge < -0.3 is 10.4 Å². The number of rotatable bonds is 5. The molecule has 2 aromatic rings. The fraction of sp³-hybridized carbons (Fsp3) is 0.133. The van der Waals surface area contributed by atoms with E-state index in [1.807, 2.05) is 41.7 Å². The summed E-state index contributed by atoms with van der Waals surface area (Å²) >= 11 is 1.70. The summed E-state index contributed by atoms with van der Waals surface area (Å²) in [7, 11) is 3.79. The van der Waals surface area contributed by atoms with Crippen molar-refractivity contribution in [1.29, 1.82) is 0 Å². The summed E-state index contributed by atoms with van der Waals surface area (Å²) in [6.45, 7) is 0.942. The van der Waals surface area contributed by atoms with Gasteiger partial charge in [-0.3, -0.25) is 0 Å². The average molecular weight is 259 g/mol. The lowest BCUT2D eigenvalue weighted by Gasteiger charge is -2.10. The first-order valence-electron chi connectivity index (χ1n) is 5.90. The maximum Gasteiger partial charge on any atom is 0.0784 e. The molecule has 0 saturated heterocycles. The highest BCUT2D eigenvalue weighted by molar-refractivity contribution is 7.99. The zero-order valence-electron chi connectivity index (χ0n) is 10.2. The summed E-state index contributed by atoms with van der Waals surface area (Å²) in [6.07, 6.45) is 0. The van der Waals surface area contributed by atoms with Gasteiger partial charge in [-0.15, -0.1) is 0 Å². The molecule has 0 aliphatic rings. The molecular formula is C15H17NOS. The minimum absolute atomic E-state index is 0.0762. The predicted molar refractivity (Wildman–Crippen MR) is 73.9 cm³/mol. The standard InChI is InChI=1S/C15H17NOS/c1-16-10-12-6-2-4-8-14(12)18-15-9-5-3-7-13(15)11-17/h2-9,17H,1,10-11,16H2. The number of hydrogen-bond donors (Lipinski definition) is 2. The van der Waals surface area contributed by atoms with E-state index in [0.29, 0.717) is 0 Å². The minimum atomic E-state index is 0.0762. The van der Waals surface area contributed by atoms with Gasteiger partial charge in [-0.05, 0) is 17.7 Å². The van der Waals surface area contributed by atoms with Crippen molar-refractivity contribution in [2.75, 3.05) is 0 Å². The van der Waals surface area contributed by atoms with Gasteiger partial charge in [0.1, 0.15) is 0 Å². The van der Waals surface area contributed by atoms with Crippen LogP contribution in [0.5, 0.6) is 0 Å². The van der Waals surface area contributed by atoms with Crippen LogP contribution in [0.4, 0.5) is 0 Å². The van der Waals surface area contributed by atoms with Crippen molar-refractivity contribution in [3.8, 4) is 0 Å². The van der Waals surface area contributed by atoms with Gasteiger partial charge in [0.2, 0.25) is 0 Å². The summed E-state index contributed by atoms with van der Waals surface area (Å²) in [5.74, 6) is 0. The lowest BCUT2D eigenvalue weighted by molar-refractivity contribution is -0.612. The molecule has 3 heteroatoms. The molecule has 0 aromatic heterocycles. The molecule has 0 heterocycles. The van der Waals surface area contributed by atoms with E-state index in [9.17, 15) is 5.11 Å². The highest BCUT2D eigenvalue weighted by Crippen LogP contribution is 2.32. The van der Waals surface area contributed by atoms with Crippen molar-refractivity contribution in [3.63, 3.8) is 0 Å². The molecule has 0 spiro atoms. The molecular weight excluding hydrogens is 242 g/mol. The van der Waals surface area contributed by atoms with Gasteiger partial charge in [0.15, 0.2) is 0 Å². The van der Waals surface area contributed by atoms with Crippen LogP contribution < -0.4 is 5.32 Å². The van der Waals surface area contributed by atoms with Crippen molar-refractivity contribution in [1.82, 2.24) is 0 Å². The molecule has 0 amide bonds. The normalized spacial score (nSPS) is 10.6. The van der Waals surface area contributed by atoms with Gasteiger partial charge in [0, 0.05) is 15.4 Å². The molecule has 0 fully saturated rings. The maximum atomic E-state index is 9.34. The molecule has 0 atom stereocenters. The van der Waals surface area contributed by atoms with Gasteiger partial charge in [-0.25, -0.2) is 0 Å². The molecule has 0 aliphatic heterocycles. The predicted octanol–water partition coefficient (Wildman–Crippen LogP) is 2.19. The van der Waals surface area contributed by atoms with Crippen molar-refractivity contribution in [2.45, 2.75) is 22.9 Å². The number of aliphatic hydroxyl groups is 1. The van der Waals surface area contributed by atoms with Gasteiger partial charge >= 0.3 is 0 Å². The second-order valence-electron chi connectivity index (χ2n) is 3.97. The molecule has 2 nitrogen and oxygen atoms in total.